The van der Waals surface area contributed by atoms with Crippen LogP contribution in [0.5, 0.6) is 0 Å². The highest BCUT2D eigenvalue weighted by atomic mass is 32.1. The minimum Gasteiger partial charge on any atom is -0.339 e. The molecule has 0 spiro atoms. The van der Waals surface area contributed by atoms with E-state index in [2.05, 4.69) is 46.9 Å². The van der Waals surface area contributed by atoms with Crippen molar-refractivity contribution in [3.63, 3.8) is 0 Å². The summed E-state index contributed by atoms with van der Waals surface area (Å²) < 4.78 is 2.39. The van der Waals surface area contributed by atoms with Gasteiger partial charge >= 0.3 is 0 Å². The van der Waals surface area contributed by atoms with Gasteiger partial charge < -0.3 is 9.88 Å². The quantitative estimate of drug-likeness (QED) is 0.795. The van der Waals surface area contributed by atoms with E-state index in [9.17, 15) is 0 Å². The fourth-order valence-corrected chi connectivity index (χ4v) is 3.27. The van der Waals surface area contributed by atoms with Gasteiger partial charge in [0.15, 0.2) is 0 Å². The minimum absolute atomic E-state index is 0.909. The van der Waals surface area contributed by atoms with Crippen molar-refractivity contribution in [1.82, 2.24) is 14.9 Å². The second-order valence-corrected chi connectivity index (χ2v) is 6.12. The Morgan fingerprint density at radius 2 is 2.15 bits per heavy atom. The molecule has 0 aliphatic heterocycles. The Morgan fingerprint density at radius 1 is 1.30 bits per heavy atom. The molecule has 0 atom stereocenters. The van der Waals surface area contributed by atoms with E-state index in [0.29, 0.717) is 0 Å². The highest BCUT2D eigenvalue weighted by Crippen LogP contribution is 2.27. The zero-order chi connectivity index (χ0) is 14.1. The van der Waals surface area contributed by atoms with Gasteiger partial charge in [-0.3, -0.25) is 4.98 Å². The molecule has 1 N–H and O–H groups in total. The molecule has 0 saturated carbocycles. The number of nitrogens with one attached hydrogen (secondary N) is 1. The van der Waals surface area contributed by atoms with Gasteiger partial charge in [0.05, 0.1) is 12.1 Å². The van der Waals surface area contributed by atoms with Crippen molar-refractivity contribution in [2.45, 2.75) is 26.9 Å². The Morgan fingerprint density at radius 3 is 2.85 bits per heavy atom. The van der Waals surface area contributed by atoms with E-state index in [0.717, 1.165) is 13.1 Å². The van der Waals surface area contributed by atoms with Gasteiger partial charge in [0, 0.05) is 34.2 Å². The molecule has 0 amide bonds. The number of thiazole rings is 1. The smallest absolute Gasteiger partial charge is 0.0794 e. The lowest BCUT2D eigenvalue weighted by Gasteiger charge is -2.07. The lowest BCUT2D eigenvalue weighted by atomic mass is 10.1. The van der Waals surface area contributed by atoms with Crippen molar-refractivity contribution >= 4 is 22.2 Å². The van der Waals surface area contributed by atoms with Gasteiger partial charge in [0.1, 0.15) is 0 Å². The Hall–Kier alpha value is -1.65. The van der Waals surface area contributed by atoms with Crippen LogP contribution in [0.2, 0.25) is 0 Å². The summed E-state index contributed by atoms with van der Waals surface area (Å²) in [5.41, 5.74) is 7.26. The second kappa shape index (κ2) is 5.38. The minimum atomic E-state index is 0.909. The average Bonchev–Trinajstić information content (AvgIpc) is 3.03. The third-order valence-corrected chi connectivity index (χ3v) is 4.65. The molecule has 104 valence electrons. The standard InChI is InChI=1S/C16H19N3S/c1-11-12(2)19(9-14-8-18-10-20-14)16-5-4-13(7-17-3)6-15(11)16/h4-6,8,10,17H,7,9H2,1-3H3. The van der Waals surface area contributed by atoms with Gasteiger partial charge in [0.25, 0.3) is 0 Å². The van der Waals surface area contributed by atoms with Crippen LogP contribution in [0, 0.1) is 13.8 Å². The topological polar surface area (TPSA) is 29.9 Å². The zero-order valence-electron chi connectivity index (χ0n) is 12.1. The maximum Gasteiger partial charge on any atom is 0.0794 e. The zero-order valence-corrected chi connectivity index (χ0v) is 12.9. The number of hydrogen-bond acceptors (Lipinski definition) is 3. The number of hydrogen-bond donors (Lipinski definition) is 1. The van der Waals surface area contributed by atoms with Gasteiger partial charge in [-0.15, -0.1) is 11.3 Å². The predicted octanol–water partition coefficient (Wildman–Crippen LogP) is 3.48. The molecule has 3 aromatic rings. The number of fused-ring (bicyclic) bond motifs is 1. The van der Waals surface area contributed by atoms with Gasteiger partial charge in [0.2, 0.25) is 0 Å². The van der Waals surface area contributed by atoms with E-state index < -0.39 is 0 Å². The summed E-state index contributed by atoms with van der Waals surface area (Å²) in [6.07, 6.45) is 1.96. The summed E-state index contributed by atoms with van der Waals surface area (Å²) in [7, 11) is 1.98. The molecule has 3 nitrogen and oxygen atoms in total. The normalized spacial score (nSPS) is 11.3. The van der Waals surface area contributed by atoms with Crippen LogP contribution in [-0.2, 0) is 13.1 Å². The van der Waals surface area contributed by atoms with Crippen LogP contribution in [-0.4, -0.2) is 16.6 Å². The molecule has 3 rings (SSSR count). The number of aromatic nitrogens is 2. The maximum atomic E-state index is 4.17. The van der Waals surface area contributed by atoms with Crippen LogP contribution >= 0.6 is 11.3 Å². The molecule has 0 saturated heterocycles. The fraction of sp³-hybridized carbons (Fsp3) is 0.312. The number of rotatable bonds is 4. The molecule has 4 heteroatoms. The van der Waals surface area contributed by atoms with E-state index in [1.165, 1.54) is 32.6 Å². The molecule has 20 heavy (non-hydrogen) atoms. The number of benzene rings is 1. The lowest BCUT2D eigenvalue weighted by Crippen LogP contribution is -2.04. The van der Waals surface area contributed by atoms with E-state index in [4.69, 9.17) is 0 Å². The Balaban J connectivity index is 2.10. The summed E-state index contributed by atoms with van der Waals surface area (Å²) in [6, 6.07) is 6.75. The van der Waals surface area contributed by atoms with Crippen LogP contribution < -0.4 is 5.32 Å². The maximum absolute atomic E-state index is 4.17. The molecule has 0 aliphatic carbocycles. The first kappa shape index (κ1) is 13.3. The highest BCUT2D eigenvalue weighted by Gasteiger charge is 2.12. The van der Waals surface area contributed by atoms with Gasteiger partial charge in [-0.2, -0.15) is 0 Å². The summed E-state index contributed by atoms with van der Waals surface area (Å²) in [5, 5.41) is 4.57. The number of aryl methyl sites for hydroxylation is 1. The van der Waals surface area contributed by atoms with Crippen molar-refractivity contribution in [2.24, 2.45) is 0 Å². The Labute approximate surface area is 123 Å². The third-order valence-electron chi connectivity index (χ3n) is 3.88. The predicted molar refractivity (Wildman–Crippen MR) is 85.4 cm³/mol. The van der Waals surface area contributed by atoms with Crippen molar-refractivity contribution in [2.75, 3.05) is 7.05 Å². The van der Waals surface area contributed by atoms with Crippen LogP contribution in [0.1, 0.15) is 21.7 Å². The van der Waals surface area contributed by atoms with Gasteiger partial charge in [-0.1, -0.05) is 6.07 Å². The van der Waals surface area contributed by atoms with Crippen molar-refractivity contribution in [3.05, 3.63) is 51.6 Å². The molecule has 2 aromatic heterocycles. The SMILES string of the molecule is CNCc1ccc2c(c1)c(C)c(C)n2Cc1cncs1. The molecular weight excluding hydrogens is 266 g/mol. The van der Waals surface area contributed by atoms with Gasteiger partial charge in [-0.05, 0) is 44.2 Å². The number of nitrogens with zero attached hydrogens (tertiary/aromatic N) is 2. The summed E-state index contributed by atoms with van der Waals surface area (Å²) >= 11 is 1.71. The largest absolute Gasteiger partial charge is 0.339 e. The first-order valence-electron chi connectivity index (χ1n) is 6.81. The van der Waals surface area contributed by atoms with E-state index >= 15 is 0 Å². The third kappa shape index (κ3) is 2.25. The van der Waals surface area contributed by atoms with E-state index in [1.807, 2.05) is 18.8 Å². The summed E-state index contributed by atoms with van der Waals surface area (Å²) in [6.45, 7) is 6.23. The Kier molecular flexibility index (Phi) is 3.59. The van der Waals surface area contributed by atoms with Crippen LogP contribution in [0.3, 0.4) is 0 Å². The van der Waals surface area contributed by atoms with Crippen LogP contribution in [0.25, 0.3) is 10.9 Å². The lowest BCUT2D eigenvalue weighted by molar-refractivity contribution is 0.808. The monoisotopic (exact) mass is 285 g/mol. The van der Waals surface area contributed by atoms with E-state index in [1.54, 1.807) is 11.3 Å². The van der Waals surface area contributed by atoms with E-state index in [-0.39, 0.29) is 0 Å². The van der Waals surface area contributed by atoms with Crippen molar-refractivity contribution in [3.8, 4) is 0 Å². The van der Waals surface area contributed by atoms with Gasteiger partial charge in [-0.25, -0.2) is 0 Å². The second-order valence-electron chi connectivity index (χ2n) is 5.15. The van der Waals surface area contributed by atoms with Crippen molar-refractivity contribution in [1.29, 1.82) is 0 Å². The first-order valence-corrected chi connectivity index (χ1v) is 7.69. The molecule has 1 aromatic carbocycles. The molecule has 0 fully saturated rings. The molecule has 2 heterocycles. The molecule has 0 unspecified atom stereocenters. The van der Waals surface area contributed by atoms with Crippen LogP contribution in [0.4, 0.5) is 0 Å². The molecule has 0 radical (unpaired) electrons. The average molecular weight is 285 g/mol. The Bertz CT molecular complexity index is 726. The fourth-order valence-electron chi connectivity index (χ4n) is 2.69. The van der Waals surface area contributed by atoms with Crippen LogP contribution in [0.15, 0.2) is 29.9 Å². The molecule has 0 bridgehead atoms. The summed E-state index contributed by atoms with van der Waals surface area (Å²) in [5.74, 6) is 0. The first-order chi connectivity index (χ1) is 9.70. The molecule has 0 aliphatic rings. The molecular formula is C16H19N3S. The van der Waals surface area contributed by atoms with Crippen molar-refractivity contribution < 1.29 is 0 Å². The highest BCUT2D eigenvalue weighted by molar-refractivity contribution is 7.09. The summed E-state index contributed by atoms with van der Waals surface area (Å²) in [4.78, 5) is 5.47.